The predicted molar refractivity (Wildman–Crippen MR) is 103 cm³/mol. The quantitative estimate of drug-likeness (QED) is 0.634. The second-order valence-electron chi connectivity index (χ2n) is 6.72. The van der Waals surface area contributed by atoms with Crippen molar-refractivity contribution in [1.82, 2.24) is 10.6 Å². The summed E-state index contributed by atoms with van der Waals surface area (Å²) in [7, 11) is 1.86. The maximum absolute atomic E-state index is 5.98. The summed E-state index contributed by atoms with van der Waals surface area (Å²) in [5.41, 5.74) is 1.28. The molecule has 0 radical (unpaired) electrons. The van der Waals surface area contributed by atoms with Crippen molar-refractivity contribution in [2.45, 2.75) is 43.1 Å². The summed E-state index contributed by atoms with van der Waals surface area (Å²) in [6.45, 7) is 1.74. The Balaban J connectivity index is 1.50. The Bertz CT molecular complexity index is 537. The van der Waals surface area contributed by atoms with Crippen LogP contribution in [0.2, 0.25) is 0 Å². The number of thioether (sulfide) groups is 1. The fourth-order valence-corrected chi connectivity index (χ4v) is 4.55. The van der Waals surface area contributed by atoms with Gasteiger partial charge in [0.25, 0.3) is 0 Å². The first-order chi connectivity index (χ1) is 11.8. The van der Waals surface area contributed by atoms with Crippen molar-refractivity contribution in [3.63, 3.8) is 0 Å². The van der Waals surface area contributed by atoms with E-state index in [2.05, 4.69) is 52.2 Å². The van der Waals surface area contributed by atoms with Crippen molar-refractivity contribution < 1.29 is 4.74 Å². The second kappa shape index (κ2) is 8.77. The van der Waals surface area contributed by atoms with Gasteiger partial charge >= 0.3 is 0 Å². The topological polar surface area (TPSA) is 45.7 Å². The Morgan fingerprint density at radius 3 is 2.79 bits per heavy atom. The van der Waals surface area contributed by atoms with E-state index in [1.54, 1.807) is 0 Å². The summed E-state index contributed by atoms with van der Waals surface area (Å²) in [5.74, 6) is 1.42. The number of nitrogens with zero attached hydrogens (tertiary/aromatic N) is 1. The number of aliphatic imine (C=N–C) groups is 1. The van der Waals surface area contributed by atoms with E-state index < -0.39 is 0 Å². The van der Waals surface area contributed by atoms with Gasteiger partial charge in [-0.1, -0.05) is 30.3 Å². The number of hydrogen-bond donors (Lipinski definition) is 2. The highest BCUT2D eigenvalue weighted by atomic mass is 32.2. The average molecular weight is 348 g/mol. The molecule has 4 unspecified atom stereocenters. The van der Waals surface area contributed by atoms with Crippen LogP contribution in [0, 0.1) is 5.92 Å². The molecule has 2 N–H and O–H groups in total. The van der Waals surface area contributed by atoms with Crippen molar-refractivity contribution in [3.8, 4) is 0 Å². The number of rotatable bonds is 5. The number of nitrogens with one attached hydrogen (secondary N) is 2. The normalized spacial score (nSPS) is 30.5. The van der Waals surface area contributed by atoms with Crippen molar-refractivity contribution in [3.05, 3.63) is 35.9 Å². The maximum atomic E-state index is 5.98. The second-order valence-corrected chi connectivity index (χ2v) is 7.85. The molecule has 1 saturated carbocycles. The summed E-state index contributed by atoms with van der Waals surface area (Å²) in [6, 6.07) is 11.1. The lowest BCUT2D eigenvalue weighted by Gasteiger charge is -2.22. The molecule has 3 rings (SSSR count). The number of guanidine groups is 1. The zero-order valence-electron chi connectivity index (χ0n) is 14.7. The van der Waals surface area contributed by atoms with Crippen LogP contribution in [0.5, 0.6) is 0 Å². The molecule has 0 amide bonds. The summed E-state index contributed by atoms with van der Waals surface area (Å²) >= 11 is 1.99. The molecule has 5 heteroatoms. The van der Waals surface area contributed by atoms with Crippen LogP contribution in [0.1, 0.15) is 37.4 Å². The van der Waals surface area contributed by atoms with Gasteiger partial charge in [0.2, 0.25) is 0 Å². The molecular formula is C19H29N3OS. The molecule has 1 aromatic rings. The minimum Gasteiger partial charge on any atom is -0.373 e. The van der Waals surface area contributed by atoms with E-state index in [0.717, 1.165) is 30.8 Å². The predicted octanol–water partition coefficient (Wildman–Crippen LogP) is 3.21. The van der Waals surface area contributed by atoms with Crippen LogP contribution < -0.4 is 10.6 Å². The third-order valence-electron chi connectivity index (χ3n) is 5.16. The van der Waals surface area contributed by atoms with Crippen LogP contribution in [-0.2, 0) is 4.74 Å². The summed E-state index contributed by atoms with van der Waals surface area (Å²) in [4.78, 5) is 4.41. The van der Waals surface area contributed by atoms with Gasteiger partial charge in [0.15, 0.2) is 5.96 Å². The highest BCUT2D eigenvalue weighted by molar-refractivity contribution is 7.99. The molecule has 2 aliphatic rings. The van der Waals surface area contributed by atoms with Crippen LogP contribution in [-0.4, -0.2) is 43.7 Å². The third-order valence-corrected chi connectivity index (χ3v) is 6.25. The zero-order chi connectivity index (χ0) is 16.8. The minimum absolute atomic E-state index is 0.198. The van der Waals surface area contributed by atoms with E-state index in [-0.39, 0.29) is 6.10 Å². The summed E-state index contributed by atoms with van der Waals surface area (Å²) in [5, 5.41) is 7.91. The van der Waals surface area contributed by atoms with Gasteiger partial charge in [0.05, 0.1) is 6.10 Å². The standard InChI is InChI=1S/C19H29N3OS/c1-20-19(22-16-8-9-17(12-16)24-2)21-13-15-10-11-23-18(15)14-6-4-3-5-7-14/h3-7,15-18H,8-13H2,1-2H3,(H2,20,21,22). The maximum Gasteiger partial charge on any atom is 0.191 e. The molecular weight excluding hydrogens is 318 g/mol. The smallest absolute Gasteiger partial charge is 0.191 e. The molecule has 24 heavy (non-hydrogen) atoms. The van der Waals surface area contributed by atoms with Crippen molar-refractivity contribution in [2.24, 2.45) is 10.9 Å². The van der Waals surface area contributed by atoms with Gasteiger partial charge in [0, 0.05) is 37.4 Å². The SMILES string of the molecule is CN=C(NCC1CCOC1c1ccccc1)NC1CCC(SC)C1. The molecule has 1 aliphatic carbocycles. The van der Waals surface area contributed by atoms with E-state index in [4.69, 9.17) is 4.74 Å². The van der Waals surface area contributed by atoms with Gasteiger partial charge in [-0.15, -0.1) is 0 Å². The van der Waals surface area contributed by atoms with Crippen LogP contribution in [0.3, 0.4) is 0 Å². The Hall–Kier alpha value is -1.20. The molecule has 1 saturated heterocycles. The molecule has 1 heterocycles. The van der Waals surface area contributed by atoms with Gasteiger partial charge in [-0.25, -0.2) is 0 Å². The first-order valence-electron chi connectivity index (χ1n) is 8.96. The van der Waals surface area contributed by atoms with Crippen molar-refractivity contribution >= 4 is 17.7 Å². The lowest BCUT2D eigenvalue weighted by molar-refractivity contribution is 0.0915. The Morgan fingerprint density at radius 2 is 2.08 bits per heavy atom. The average Bonchev–Trinajstić information content (AvgIpc) is 3.28. The van der Waals surface area contributed by atoms with Crippen LogP contribution in [0.15, 0.2) is 35.3 Å². The Kier molecular flexibility index (Phi) is 6.44. The third kappa shape index (κ3) is 4.45. The Labute approximate surface area is 149 Å². The van der Waals surface area contributed by atoms with Gasteiger partial charge in [-0.2, -0.15) is 11.8 Å². The number of ether oxygens (including phenoxy) is 1. The highest BCUT2D eigenvalue weighted by Crippen LogP contribution is 2.34. The van der Waals surface area contributed by atoms with Gasteiger partial charge in [-0.3, -0.25) is 4.99 Å². The Morgan fingerprint density at radius 1 is 1.25 bits per heavy atom. The summed E-state index contributed by atoms with van der Waals surface area (Å²) in [6.07, 6.45) is 7.30. The van der Waals surface area contributed by atoms with Gasteiger partial charge in [0.1, 0.15) is 0 Å². The molecule has 1 aromatic carbocycles. The molecule has 4 nitrogen and oxygen atoms in total. The molecule has 0 aromatic heterocycles. The number of hydrogen-bond acceptors (Lipinski definition) is 3. The molecule has 4 atom stereocenters. The van der Waals surface area contributed by atoms with E-state index in [9.17, 15) is 0 Å². The lowest BCUT2D eigenvalue weighted by Crippen LogP contribution is -2.44. The molecule has 1 aliphatic heterocycles. The fraction of sp³-hybridized carbons (Fsp3) is 0.632. The van der Waals surface area contributed by atoms with E-state index >= 15 is 0 Å². The molecule has 132 valence electrons. The molecule has 0 spiro atoms. The monoisotopic (exact) mass is 347 g/mol. The minimum atomic E-state index is 0.198. The lowest BCUT2D eigenvalue weighted by atomic mass is 9.95. The van der Waals surface area contributed by atoms with Gasteiger partial charge < -0.3 is 15.4 Å². The highest BCUT2D eigenvalue weighted by Gasteiger charge is 2.30. The van der Waals surface area contributed by atoms with E-state index in [0.29, 0.717) is 12.0 Å². The van der Waals surface area contributed by atoms with Crippen LogP contribution in [0.25, 0.3) is 0 Å². The molecule has 2 fully saturated rings. The fourth-order valence-electron chi connectivity index (χ4n) is 3.76. The first kappa shape index (κ1) is 17.6. The van der Waals surface area contributed by atoms with E-state index in [1.807, 2.05) is 18.8 Å². The van der Waals surface area contributed by atoms with Crippen molar-refractivity contribution in [1.29, 1.82) is 0 Å². The molecule has 0 bridgehead atoms. The summed E-state index contributed by atoms with van der Waals surface area (Å²) < 4.78 is 5.98. The zero-order valence-corrected chi connectivity index (χ0v) is 15.5. The van der Waals surface area contributed by atoms with Crippen LogP contribution in [0.4, 0.5) is 0 Å². The van der Waals surface area contributed by atoms with E-state index in [1.165, 1.54) is 24.8 Å². The van der Waals surface area contributed by atoms with Crippen LogP contribution >= 0.6 is 11.8 Å². The first-order valence-corrected chi connectivity index (χ1v) is 10.3. The van der Waals surface area contributed by atoms with Gasteiger partial charge in [-0.05, 0) is 37.5 Å². The largest absolute Gasteiger partial charge is 0.373 e. The number of benzene rings is 1. The van der Waals surface area contributed by atoms with Crippen molar-refractivity contribution in [2.75, 3.05) is 26.5 Å².